The van der Waals surface area contributed by atoms with Gasteiger partial charge in [0.05, 0.1) is 28.6 Å². The van der Waals surface area contributed by atoms with E-state index in [0.717, 1.165) is 18.9 Å². The molecule has 2 aromatic rings. The Balaban J connectivity index is 1.88. The summed E-state index contributed by atoms with van der Waals surface area (Å²) < 4.78 is 37.0. The second-order valence-electron chi connectivity index (χ2n) is 6.12. The predicted molar refractivity (Wildman–Crippen MR) is 99.0 cm³/mol. The second kappa shape index (κ2) is 7.95. The standard InChI is InChI=1S/C18H18N2O7S/c1-26-16-8-7-14(20(22)23)12-17(16)27-18(21)13-5-4-6-15(11-13)28(24,25)19-9-2-3-10-19/h4-8,11-12H,2-3,9-10H2,1H3. The number of carbonyl (C=O) groups is 1. The normalized spacial score (nSPS) is 14.6. The molecule has 1 aliphatic heterocycles. The Hall–Kier alpha value is -2.98. The molecule has 0 saturated carbocycles. The molecule has 0 aliphatic carbocycles. The summed E-state index contributed by atoms with van der Waals surface area (Å²) in [7, 11) is -2.35. The van der Waals surface area contributed by atoms with Crippen molar-refractivity contribution in [3.8, 4) is 11.5 Å². The fraction of sp³-hybridized carbons (Fsp3) is 0.278. The van der Waals surface area contributed by atoms with Crippen LogP contribution < -0.4 is 9.47 Å². The van der Waals surface area contributed by atoms with Gasteiger partial charge in [0.2, 0.25) is 10.0 Å². The lowest BCUT2D eigenvalue weighted by atomic mass is 10.2. The van der Waals surface area contributed by atoms with Gasteiger partial charge in [-0.1, -0.05) is 6.07 Å². The zero-order valence-corrected chi connectivity index (χ0v) is 15.8. The first-order valence-electron chi connectivity index (χ1n) is 8.48. The number of rotatable bonds is 6. The Kier molecular flexibility index (Phi) is 5.61. The molecule has 0 unspecified atom stereocenters. The summed E-state index contributed by atoms with van der Waals surface area (Å²) in [6.07, 6.45) is 1.60. The van der Waals surface area contributed by atoms with Gasteiger partial charge in [0.25, 0.3) is 5.69 Å². The molecular formula is C18H18N2O7S. The van der Waals surface area contributed by atoms with Crippen molar-refractivity contribution >= 4 is 21.7 Å². The first-order chi connectivity index (χ1) is 13.3. The Bertz CT molecular complexity index is 1010. The average molecular weight is 406 g/mol. The van der Waals surface area contributed by atoms with Crippen molar-refractivity contribution in [3.63, 3.8) is 0 Å². The largest absolute Gasteiger partial charge is 0.493 e. The van der Waals surface area contributed by atoms with Crippen LogP contribution >= 0.6 is 0 Å². The minimum atomic E-state index is -3.69. The summed E-state index contributed by atoms with van der Waals surface area (Å²) >= 11 is 0. The molecule has 1 saturated heterocycles. The molecule has 0 aromatic heterocycles. The van der Waals surface area contributed by atoms with E-state index in [-0.39, 0.29) is 27.6 Å². The van der Waals surface area contributed by atoms with Gasteiger partial charge in [-0.3, -0.25) is 10.1 Å². The molecule has 9 nitrogen and oxygen atoms in total. The maximum absolute atomic E-state index is 12.7. The van der Waals surface area contributed by atoms with E-state index in [1.165, 1.54) is 47.8 Å². The smallest absolute Gasteiger partial charge is 0.343 e. The molecule has 148 valence electrons. The molecule has 0 bridgehead atoms. The van der Waals surface area contributed by atoms with Crippen LogP contribution in [0.5, 0.6) is 11.5 Å². The Morgan fingerprint density at radius 1 is 1.11 bits per heavy atom. The second-order valence-corrected chi connectivity index (χ2v) is 8.06. The monoisotopic (exact) mass is 406 g/mol. The van der Waals surface area contributed by atoms with Gasteiger partial charge in [-0.2, -0.15) is 4.31 Å². The molecule has 2 aromatic carbocycles. The molecule has 0 atom stereocenters. The van der Waals surface area contributed by atoms with E-state index in [4.69, 9.17) is 9.47 Å². The summed E-state index contributed by atoms with van der Waals surface area (Å²) in [4.78, 5) is 22.8. The molecule has 0 N–H and O–H groups in total. The highest BCUT2D eigenvalue weighted by atomic mass is 32.2. The van der Waals surface area contributed by atoms with Gasteiger partial charge in [-0.05, 0) is 37.1 Å². The summed E-state index contributed by atoms with van der Waals surface area (Å²) in [5.74, 6) is -0.841. The number of nitrogens with zero attached hydrogens (tertiary/aromatic N) is 2. The highest BCUT2D eigenvalue weighted by Crippen LogP contribution is 2.32. The third-order valence-electron chi connectivity index (χ3n) is 4.33. The summed E-state index contributed by atoms with van der Waals surface area (Å²) in [5.41, 5.74) is -0.261. The maximum atomic E-state index is 12.7. The van der Waals surface area contributed by atoms with E-state index in [1.54, 1.807) is 0 Å². The van der Waals surface area contributed by atoms with Gasteiger partial charge >= 0.3 is 5.97 Å². The van der Waals surface area contributed by atoms with Crippen molar-refractivity contribution < 1.29 is 27.6 Å². The lowest BCUT2D eigenvalue weighted by molar-refractivity contribution is -0.384. The first-order valence-corrected chi connectivity index (χ1v) is 9.92. The Labute approximate surface area is 161 Å². The number of hydrogen-bond acceptors (Lipinski definition) is 7. The number of esters is 1. The SMILES string of the molecule is COc1ccc([N+](=O)[O-])cc1OC(=O)c1cccc(S(=O)(=O)N2CCCC2)c1. The lowest BCUT2D eigenvalue weighted by Crippen LogP contribution is -2.28. The number of hydrogen-bond donors (Lipinski definition) is 0. The van der Waals surface area contributed by atoms with Crippen molar-refractivity contribution in [1.29, 1.82) is 0 Å². The van der Waals surface area contributed by atoms with E-state index in [9.17, 15) is 23.3 Å². The quantitative estimate of drug-likeness (QED) is 0.313. The number of ether oxygens (including phenoxy) is 2. The van der Waals surface area contributed by atoms with Crippen molar-refractivity contribution in [3.05, 3.63) is 58.1 Å². The number of nitro groups is 1. The highest BCUT2D eigenvalue weighted by Gasteiger charge is 2.28. The van der Waals surface area contributed by atoms with Gasteiger partial charge in [0.15, 0.2) is 11.5 Å². The van der Waals surface area contributed by atoms with E-state index < -0.39 is 20.9 Å². The van der Waals surface area contributed by atoms with E-state index in [2.05, 4.69) is 0 Å². The minimum Gasteiger partial charge on any atom is -0.493 e. The van der Waals surface area contributed by atoms with Crippen LogP contribution in [0.4, 0.5) is 5.69 Å². The van der Waals surface area contributed by atoms with Crippen molar-refractivity contribution in [2.45, 2.75) is 17.7 Å². The maximum Gasteiger partial charge on any atom is 0.343 e. The third-order valence-corrected chi connectivity index (χ3v) is 6.23. The molecule has 1 heterocycles. The Morgan fingerprint density at radius 2 is 1.82 bits per heavy atom. The fourth-order valence-electron chi connectivity index (χ4n) is 2.88. The first kappa shape index (κ1) is 19.8. The molecule has 1 aliphatic rings. The molecule has 0 spiro atoms. The topological polar surface area (TPSA) is 116 Å². The van der Waals surface area contributed by atoms with E-state index >= 15 is 0 Å². The van der Waals surface area contributed by atoms with Gasteiger partial charge in [-0.25, -0.2) is 13.2 Å². The summed E-state index contributed by atoms with van der Waals surface area (Å²) in [5, 5.41) is 10.9. The zero-order chi connectivity index (χ0) is 20.3. The number of methoxy groups -OCH3 is 1. The van der Waals surface area contributed by atoms with Crippen LogP contribution in [-0.2, 0) is 10.0 Å². The number of carbonyl (C=O) groups excluding carboxylic acids is 1. The number of sulfonamides is 1. The lowest BCUT2D eigenvalue weighted by Gasteiger charge is -2.16. The molecule has 0 radical (unpaired) electrons. The van der Waals surface area contributed by atoms with Gasteiger partial charge in [-0.15, -0.1) is 0 Å². The third kappa shape index (κ3) is 3.97. The predicted octanol–water partition coefficient (Wildman–Crippen LogP) is 2.61. The van der Waals surface area contributed by atoms with E-state index in [0.29, 0.717) is 13.1 Å². The van der Waals surface area contributed by atoms with Crippen LogP contribution in [0, 0.1) is 10.1 Å². The average Bonchev–Trinajstić information content (AvgIpc) is 3.23. The highest BCUT2D eigenvalue weighted by molar-refractivity contribution is 7.89. The van der Waals surface area contributed by atoms with Crippen molar-refractivity contribution in [2.75, 3.05) is 20.2 Å². The number of nitro benzene ring substituents is 1. The van der Waals surface area contributed by atoms with E-state index in [1.807, 2.05) is 0 Å². The number of benzene rings is 2. The van der Waals surface area contributed by atoms with Crippen LogP contribution in [0.15, 0.2) is 47.4 Å². The van der Waals surface area contributed by atoms with Crippen LogP contribution in [-0.4, -0.2) is 43.8 Å². The molecule has 1 fully saturated rings. The fourth-order valence-corrected chi connectivity index (χ4v) is 4.44. The van der Waals surface area contributed by atoms with Gasteiger partial charge in [0.1, 0.15) is 0 Å². The molecular weight excluding hydrogens is 388 g/mol. The van der Waals surface area contributed by atoms with Gasteiger partial charge < -0.3 is 9.47 Å². The van der Waals surface area contributed by atoms with Crippen LogP contribution in [0.3, 0.4) is 0 Å². The van der Waals surface area contributed by atoms with Crippen molar-refractivity contribution in [1.82, 2.24) is 4.31 Å². The van der Waals surface area contributed by atoms with Crippen LogP contribution in [0.25, 0.3) is 0 Å². The summed E-state index contributed by atoms with van der Waals surface area (Å²) in [6, 6.07) is 9.12. The molecule has 3 rings (SSSR count). The summed E-state index contributed by atoms with van der Waals surface area (Å²) in [6.45, 7) is 0.893. The van der Waals surface area contributed by atoms with Crippen LogP contribution in [0.1, 0.15) is 23.2 Å². The molecule has 10 heteroatoms. The zero-order valence-electron chi connectivity index (χ0n) is 15.0. The molecule has 28 heavy (non-hydrogen) atoms. The van der Waals surface area contributed by atoms with Crippen molar-refractivity contribution in [2.24, 2.45) is 0 Å². The van der Waals surface area contributed by atoms with Crippen LogP contribution in [0.2, 0.25) is 0 Å². The molecule has 0 amide bonds. The van der Waals surface area contributed by atoms with Gasteiger partial charge in [0, 0.05) is 19.2 Å². The minimum absolute atomic E-state index is 0.00476. The number of non-ortho nitro benzene ring substituents is 1. The Morgan fingerprint density at radius 3 is 2.46 bits per heavy atom.